The van der Waals surface area contributed by atoms with Crippen LogP contribution >= 0.6 is 0 Å². The molecule has 10 heteroatoms. The number of benzene rings is 1. The minimum absolute atomic E-state index is 0.0446. The van der Waals surface area contributed by atoms with E-state index in [-0.39, 0.29) is 29.3 Å². The number of non-ortho nitro benzene ring substituents is 1. The Morgan fingerprint density at radius 2 is 2.04 bits per heavy atom. The molecule has 1 aromatic rings. The molecule has 1 aromatic carbocycles. The number of unbranched alkanes of at least 4 members (excludes halogenated alkanes) is 2. The van der Waals surface area contributed by atoms with Crippen molar-refractivity contribution in [3.05, 3.63) is 28.3 Å². The molecule has 0 unspecified atom stereocenters. The van der Waals surface area contributed by atoms with E-state index < -0.39 is 20.9 Å². The molecule has 0 spiro atoms. The monoisotopic (exact) mass is 346 g/mol. The molecule has 0 aliphatic carbocycles. The summed E-state index contributed by atoms with van der Waals surface area (Å²) in [6.45, 7) is 0.141. The smallest absolute Gasteiger partial charge is 0.303 e. The number of sulfonamides is 1. The van der Waals surface area contributed by atoms with Gasteiger partial charge in [0.15, 0.2) is 0 Å². The summed E-state index contributed by atoms with van der Waals surface area (Å²) in [4.78, 5) is 20.2. The van der Waals surface area contributed by atoms with Crippen molar-refractivity contribution in [2.45, 2.75) is 30.6 Å². The molecule has 0 fully saturated rings. The topological polar surface area (TPSA) is 136 Å². The first kappa shape index (κ1) is 18.8. The third kappa shape index (κ3) is 5.83. The lowest BCUT2D eigenvalue weighted by Gasteiger charge is -2.10. The molecule has 0 atom stereocenters. The average Bonchev–Trinajstić information content (AvgIpc) is 2.49. The predicted molar refractivity (Wildman–Crippen MR) is 80.9 cm³/mol. The number of hydrogen-bond acceptors (Lipinski definition) is 6. The molecule has 0 aromatic heterocycles. The van der Waals surface area contributed by atoms with Gasteiger partial charge in [-0.05, 0) is 18.9 Å². The summed E-state index contributed by atoms with van der Waals surface area (Å²) in [5.41, 5.74) is -0.269. The van der Waals surface area contributed by atoms with Crippen LogP contribution in [0.5, 0.6) is 5.75 Å². The number of aliphatic carboxylic acids is 1. The van der Waals surface area contributed by atoms with Gasteiger partial charge in [-0.15, -0.1) is 0 Å². The van der Waals surface area contributed by atoms with E-state index in [4.69, 9.17) is 9.84 Å². The summed E-state index contributed by atoms with van der Waals surface area (Å²) in [6.07, 6.45) is 1.58. The molecular formula is C13H18N2O7S. The first-order chi connectivity index (χ1) is 10.8. The van der Waals surface area contributed by atoms with Gasteiger partial charge in [-0.2, -0.15) is 0 Å². The van der Waals surface area contributed by atoms with Crippen LogP contribution in [0.2, 0.25) is 0 Å². The zero-order valence-corrected chi connectivity index (χ0v) is 13.3. The van der Waals surface area contributed by atoms with Gasteiger partial charge in [0, 0.05) is 19.0 Å². The summed E-state index contributed by atoms with van der Waals surface area (Å²) in [5, 5.41) is 19.2. The van der Waals surface area contributed by atoms with Crippen LogP contribution < -0.4 is 9.46 Å². The minimum Gasteiger partial charge on any atom is -0.495 e. The van der Waals surface area contributed by atoms with Gasteiger partial charge in [0.05, 0.1) is 18.1 Å². The van der Waals surface area contributed by atoms with Gasteiger partial charge in [-0.25, -0.2) is 13.1 Å². The van der Waals surface area contributed by atoms with Crippen molar-refractivity contribution in [2.24, 2.45) is 0 Å². The standard InChI is InChI=1S/C13H18N2O7S/c1-22-11-9-10(15(18)19)6-7-12(11)23(20,21)14-8-4-2-3-5-13(16)17/h6-7,9,14H,2-5,8H2,1H3,(H,16,17). The molecular weight excluding hydrogens is 328 g/mol. The van der Waals surface area contributed by atoms with E-state index in [1.807, 2.05) is 0 Å². The van der Waals surface area contributed by atoms with Crippen LogP contribution in [0, 0.1) is 10.1 Å². The first-order valence-corrected chi connectivity index (χ1v) is 8.30. The molecule has 0 amide bonds. The normalized spacial score (nSPS) is 11.2. The van der Waals surface area contributed by atoms with Crippen molar-refractivity contribution in [3.63, 3.8) is 0 Å². The van der Waals surface area contributed by atoms with Gasteiger partial charge in [0.2, 0.25) is 10.0 Å². The number of nitro groups is 1. The van der Waals surface area contributed by atoms with Crippen LogP contribution in [0.25, 0.3) is 0 Å². The highest BCUT2D eigenvalue weighted by atomic mass is 32.2. The first-order valence-electron chi connectivity index (χ1n) is 6.82. The van der Waals surface area contributed by atoms with E-state index in [2.05, 4.69) is 4.72 Å². The highest BCUT2D eigenvalue weighted by molar-refractivity contribution is 7.89. The largest absolute Gasteiger partial charge is 0.495 e. The maximum absolute atomic E-state index is 12.2. The highest BCUT2D eigenvalue weighted by Gasteiger charge is 2.21. The van der Waals surface area contributed by atoms with Gasteiger partial charge in [-0.3, -0.25) is 14.9 Å². The van der Waals surface area contributed by atoms with Crippen molar-refractivity contribution in [2.75, 3.05) is 13.7 Å². The van der Waals surface area contributed by atoms with Crippen molar-refractivity contribution in [1.82, 2.24) is 4.72 Å². The molecule has 0 aliphatic heterocycles. The van der Waals surface area contributed by atoms with E-state index in [1.165, 1.54) is 7.11 Å². The quantitative estimate of drug-likeness (QED) is 0.372. The lowest BCUT2D eigenvalue weighted by atomic mass is 10.2. The van der Waals surface area contributed by atoms with E-state index in [1.54, 1.807) is 0 Å². The fourth-order valence-electron chi connectivity index (χ4n) is 1.85. The second kappa shape index (κ2) is 8.44. The molecule has 0 bridgehead atoms. The van der Waals surface area contributed by atoms with Gasteiger partial charge in [0.25, 0.3) is 5.69 Å². The Labute approximate surface area is 133 Å². The summed E-state index contributed by atoms with van der Waals surface area (Å²) in [6, 6.07) is 3.25. The Balaban J connectivity index is 2.69. The number of ether oxygens (including phenoxy) is 1. The van der Waals surface area contributed by atoms with Crippen LogP contribution in [-0.2, 0) is 14.8 Å². The van der Waals surface area contributed by atoms with Gasteiger partial charge >= 0.3 is 5.97 Å². The molecule has 128 valence electrons. The molecule has 0 saturated carbocycles. The number of nitrogens with one attached hydrogen (secondary N) is 1. The zero-order valence-electron chi connectivity index (χ0n) is 12.5. The summed E-state index contributed by atoms with van der Waals surface area (Å²) < 4.78 is 31.6. The number of carbonyl (C=O) groups is 1. The van der Waals surface area contributed by atoms with Gasteiger partial charge in [0.1, 0.15) is 10.6 Å². The molecule has 23 heavy (non-hydrogen) atoms. The van der Waals surface area contributed by atoms with E-state index in [0.29, 0.717) is 19.3 Å². The molecule has 0 aliphatic rings. The third-order valence-corrected chi connectivity index (χ3v) is 4.51. The van der Waals surface area contributed by atoms with Crippen LogP contribution in [0.4, 0.5) is 5.69 Å². The summed E-state index contributed by atoms with van der Waals surface area (Å²) >= 11 is 0. The number of carboxylic acid groups (broad SMARTS) is 1. The van der Waals surface area contributed by atoms with Crippen LogP contribution in [0.3, 0.4) is 0 Å². The maximum atomic E-state index is 12.2. The molecule has 0 radical (unpaired) electrons. The van der Waals surface area contributed by atoms with Crippen LogP contribution in [-0.4, -0.2) is 38.1 Å². The molecule has 9 nitrogen and oxygen atoms in total. The number of nitrogens with zero attached hydrogens (tertiary/aromatic N) is 1. The lowest BCUT2D eigenvalue weighted by Crippen LogP contribution is -2.25. The van der Waals surface area contributed by atoms with Crippen molar-refractivity contribution < 1.29 is 28.0 Å². The predicted octanol–water partition coefficient (Wildman–Crippen LogP) is 1.53. The number of nitro benzene ring substituents is 1. The Kier molecular flexibility index (Phi) is 6.91. The summed E-state index contributed by atoms with van der Waals surface area (Å²) in [7, 11) is -2.64. The van der Waals surface area contributed by atoms with Crippen molar-refractivity contribution >= 4 is 21.7 Å². The summed E-state index contributed by atoms with van der Waals surface area (Å²) in [5.74, 6) is -1.00. The number of methoxy groups -OCH3 is 1. The Morgan fingerprint density at radius 1 is 1.35 bits per heavy atom. The van der Waals surface area contributed by atoms with E-state index in [9.17, 15) is 23.3 Å². The number of hydrogen-bond donors (Lipinski definition) is 2. The highest BCUT2D eigenvalue weighted by Crippen LogP contribution is 2.28. The third-order valence-electron chi connectivity index (χ3n) is 3.01. The molecule has 2 N–H and O–H groups in total. The zero-order chi connectivity index (χ0) is 17.5. The van der Waals surface area contributed by atoms with E-state index in [0.717, 1.165) is 18.2 Å². The fraction of sp³-hybridized carbons (Fsp3) is 0.462. The van der Waals surface area contributed by atoms with Gasteiger partial charge in [-0.1, -0.05) is 6.42 Å². The maximum Gasteiger partial charge on any atom is 0.303 e. The average molecular weight is 346 g/mol. The van der Waals surface area contributed by atoms with Crippen LogP contribution in [0.15, 0.2) is 23.1 Å². The molecule has 1 rings (SSSR count). The number of carboxylic acids is 1. The SMILES string of the molecule is COc1cc([N+](=O)[O-])ccc1S(=O)(=O)NCCCCCC(=O)O. The lowest BCUT2D eigenvalue weighted by molar-refractivity contribution is -0.385. The molecule has 0 heterocycles. The Hall–Kier alpha value is -2.20. The Bertz CT molecular complexity index is 673. The van der Waals surface area contributed by atoms with Crippen molar-refractivity contribution in [3.8, 4) is 5.75 Å². The number of rotatable bonds is 10. The second-order valence-electron chi connectivity index (χ2n) is 4.69. The molecule has 0 saturated heterocycles. The van der Waals surface area contributed by atoms with E-state index >= 15 is 0 Å². The Morgan fingerprint density at radius 3 is 2.61 bits per heavy atom. The van der Waals surface area contributed by atoms with Gasteiger partial charge < -0.3 is 9.84 Å². The van der Waals surface area contributed by atoms with Crippen LogP contribution in [0.1, 0.15) is 25.7 Å². The fourth-order valence-corrected chi connectivity index (χ4v) is 3.08. The van der Waals surface area contributed by atoms with Crippen molar-refractivity contribution in [1.29, 1.82) is 0 Å². The minimum atomic E-state index is -3.86. The second-order valence-corrected chi connectivity index (χ2v) is 6.43.